The number of fused-ring (bicyclic) bond motifs is 1. The lowest BCUT2D eigenvalue weighted by Gasteiger charge is -2.35. The summed E-state index contributed by atoms with van der Waals surface area (Å²) in [5, 5.41) is 12.4. The summed E-state index contributed by atoms with van der Waals surface area (Å²) < 4.78 is 38.8. The molecule has 1 aliphatic heterocycles. The van der Waals surface area contributed by atoms with Crippen molar-refractivity contribution in [3.8, 4) is 0 Å². The Morgan fingerprint density at radius 3 is 2.38 bits per heavy atom. The Morgan fingerprint density at radius 1 is 1.03 bits per heavy atom. The van der Waals surface area contributed by atoms with Crippen molar-refractivity contribution in [3.05, 3.63) is 80.3 Å². The smallest absolute Gasteiger partial charge is 0.362 e. The molecule has 1 aliphatic rings. The van der Waals surface area contributed by atoms with Crippen LogP contribution in [0.15, 0.2) is 53.3 Å². The molecule has 3 aromatic rings. The van der Waals surface area contributed by atoms with Gasteiger partial charge in [-0.2, -0.15) is 13.2 Å². The van der Waals surface area contributed by atoms with Gasteiger partial charge in [-0.05, 0) is 29.7 Å². The number of H-pyrrole nitrogens is 1. The predicted octanol–water partition coefficient (Wildman–Crippen LogP) is 3.42. The minimum atomic E-state index is -4.69. The van der Waals surface area contributed by atoms with Crippen LogP contribution in [0.4, 0.5) is 24.5 Å². The van der Waals surface area contributed by atoms with Gasteiger partial charge in [0.05, 0.1) is 10.5 Å². The largest absolute Gasteiger partial charge is 0.416 e. The van der Waals surface area contributed by atoms with Gasteiger partial charge in [-0.3, -0.25) is 19.7 Å². The number of halogens is 3. The third-order valence-electron chi connectivity index (χ3n) is 5.39. The van der Waals surface area contributed by atoms with Crippen LogP contribution >= 0.6 is 0 Å². The molecule has 11 heteroatoms. The Bertz CT molecular complexity index is 1260. The van der Waals surface area contributed by atoms with Gasteiger partial charge in [0.1, 0.15) is 11.4 Å². The number of nitro benzene ring substituents is 1. The predicted molar refractivity (Wildman–Crippen MR) is 111 cm³/mol. The van der Waals surface area contributed by atoms with Crippen molar-refractivity contribution < 1.29 is 22.9 Å². The number of nitrogens with one attached hydrogen (secondary N) is 1. The molecule has 4 rings (SSSR count). The molecular weight excluding hydrogens is 429 g/mol. The maximum atomic E-state index is 12.9. The summed E-state index contributed by atoms with van der Waals surface area (Å²) in [5.41, 5.74) is -1.93. The molecule has 0 radical (unpaired) electrons. The van der Waals surface area contributed by atoms with E-state index in [1.165, 1.54) is 4.90 Å². The highest BCUT2D eigenvalue weighted by molar-refractivity contribution is 5.96. The molecule has 0 bridgehead atoms. The van der Waals surface area contributed by atoms with Crippen LogP contribution in [0.3, 0.4) is 0 Å². The standard InChI is InChI=1S/C21H17F3N4O4/c22-21(23,24)14-5-6-17(18(12-14)28(31)32)26-7-9-27(10-8-26)20(30)16-11-13-3-1-2-4-15(13)19(29)25-16/h1-6,11-12H,7-10H2,(H,25,29). The molecule has 0 aliphatic carbocycles. The molecule has 1 saturated heterocycles. The van der Waals surface area contributed by atoms with Crippen molar-refractivity contribution in [1.82, 2.24) is 9.88 Å². The molecule has 0 spiro atoms. The SMILES string of the molecule is O=C(c1cc2ccccc2c(=O)[nH]1)N1CCN(c2ccc(C(F)(F)F)cc2[N+](=O)[O-])CC1. The zero-order valence-corrected chi connectivity index (χ0v) is 16.6. The summed E-state index contributed by atoms with van der Waals surface area (Å²) >= 11 is 0. The summed E-state index contributed by atoms with van der Waals surface area (Å²) in [6, 6.07) is 10.9. The number of amides is 1. The minimum Gasteiger partial charge on any atom is -0.362 e. The molecule has 0 saturated carbocycles. The van der Waals surface area contributed by atoms with Gasteiger partial charge in [0.2, 0.25) is 0 Å². The van der Waals surface area contributed by atoms with Gasteiger partial charge >= 0.3 is 6.18 Å². The number of anilines is 1. The Morgan fingerprint density at radius 2 is 1.72 bits per heavy atom. The van der Waals surface area contributed by atoms with Crippen LogP contribution in [0.1, 0.15) is 16.1 Å². The maximum absolute atomic E-state index is 12.9. The van der Waals surface area contributed by atoms with Gasteiger partial charge < -0.3 is 14.8 Å². The van der Waals surface area contributed by atoms with Gasteiger partial charge in [-0.25, -0.2) is 0 Å². The zero-order chi connectivity index (χ0) is 23.0. The molecule has 2 aromatic carbocycles. The van der Waals surface area contributed by atoms with E-state index in [1.54, 1.807) is 35.2 Å². The summed E-state index contributed by atoms with van der Waals surface area (Å²) in [4.78, 5) is 41.3. The average Bonchev–Trinajstić information content (AvgIpc) is 2.77. The van der Waals surface area contributed by atoms with Crippen molar-refractivity contribution >= 4 is 28.1 Å². The van der Waals surface area contributed by atoms with E-state index in [1.807, 2.05) is 0 Å². The molecule has 0 atom stereocenters. The van der Waals surface area contributed by atoms with E-state index in [4.69, 9.17) is 0 Å². The van der Waals surface area contributed by atoms with Crippen LogP contribution in [0.5, 0.6) is 0 Å². The van der Waals surface area contributed by atoms with E-state index >= 15 is 0 Å². The van der Waals surface area contributed by atoms with Crippen LogP contribution in [0.25, 0.3) is 10.8 Å². The topological polar surface area (TPSA) is 99.6 Å². The molecule has 1 amide bonds. The Kier molecular flexibility index (Phi) is 5.33. The fourth-order valence-electron chi connectivity index (χ4n) is 3.76. The number of aromatic nitrogens is 1. The van der Waals surface area contributed by atoms with E-state index in [-0.39, 0.29) is 43.1 Å². The van der Waals surface area contributed by atoms with Crippen LogP contribution in [0.2, 0.25) is 0 Å². The number of carbonyl (C=O) groups is 1. The zero-order valence-electron chi connectivity index (χ0n) is 16.6. The van der Waals surface area contributed by atoms with Gasteiger partial charge in [-0.1, -0.05) is 18.2 Å². The summed E-state index contributed by atoms with van der Waals surface area (Å²) in [6.45, 7) is 0.753. The van der Waals surface area contributed by atoms with Gasteiger partial charge in [-0.15, -0.1) is 0 Å². The van der Waals surface area contributed by atoms with Crippen molar-refractivity contribution in [1.29, 1.82) is 0 Å². The maximum Gasteiger partial charge on any atom is 0.416 e. The average molecular weight is 446 g/mol. The Balaban J connectivity index is 1.53. The molecule has 8 nitrogen and oxygen atoms in total. The second-order valence-electron chi connectivity index (χ2n) is 7.34. The van der Waals surface area contributed by atoms with Gasteiger partial charge in [0, 0.05) is 37.6 Å². The molecular formula is C21H17F3N4O4. The third kappa shape index (κ3) is 4.01. The summed E-state index contributed by atoms with van der Waals surface area (Å²) in [5.74, 6) is -0.394. The van der Waals surface area contributed by atoms with Crippen LogP contribution in [0, 0.1) is 10.1 Å². The molecule has 32 heavy (non-hydrogen) atoms. The molecule has 166 valence electrons. The number of rotatable bonds is 3. The van der Waals surface area contributed by atoms with E-state index in [2.05, 4.69) is 4.98 Å². The quantitative estimate of drug-likeness (QED) is 0.491. The fraction of sp³-hybridized carbons (Fsp3) is 0.238. The molecule has 1 aromatic heterocycles. The van der Waals surface area contributed by atoms with Crippen molar-refractivity contribution in [2.45, 2.75) is 6.18 Å². The van der Waals surface area contributed by atoms with Crippen molar-refractivity contribution in [2.24, 2.45) is 0 Å². The third-order valence-corrected chi connectivity index (χ3v) is 5.39. The molecule has 2 heterocycles. The number of pyridine rings is 1. The minimum absolute atomic E-state index is 0.0641. The number of piperazine rings is 1. The van der Waals surface area contributed by atoms with E-state index in [0.29, 0.717) is 16.8 Å². The number of aromatic amines is 1. The molecule has 0 unspecified atom stereocenters. The number of benzene rings is 2. The van der Waals surface area contributed by atoms with Crippen molar-refractivity contribution in [3.63, 3.8) is 0 Å². The molecule has 1 N–H and O–H groups in total. The first-order valence-corrected chi connectivity index (χ1v) is 9.67. The lowest BCUT2D eigenvalue weighted by molar-refractivity contribution is -0.384. The van der Waals surface area contributed by atoms with Crippen molar-refractivity contribution in [2.75, 3.05) is 31.1 Å². The first-order chi connectivity index (χ1) is 15.1. The number of nitrogens with zero attached hydrogens (tertiary/aromatic N) is 3. The number of nitro groups is 1. The highest BCUT2D eigenvalue weighted by Crippen LogP contribution is 2.36. The summed E-state index contributed by atoms with van der Waals surface area (Å²) in [7, 11) is 0. The Hall–Kier alpha value is -3.89. The number of alkyl halides is 3. The van der Waals surface area contributed by atoms with E-state index < -0.39 is 28.3 Å². The van der Waals surface area contributed by atoms with Crippen LogP contribution in [-0.2, 0) is 6.18 Å². The first kappa shape index (κ1) is 21.3. The van der Waals surface area contributed by atoms with Crippen LogP contribution in [-0.4, -0.2) is 46.9 Å². The Labute approximate surface area is 179 Å². The van der Waals surface area contributed by atoms with Gasteiger partial charge in [0.15, 0.2) is 0 Å². The number of hydrogen-bond acceptors (Lipinski definition) is 5. The first-order valence-electron chi connectivity index (χ1n) is 9.67. The number of hydrogen-bond donors (Lipinski definition) is 1. The van der Waals surface area contributed by atoms with Crippen LogP contribution < -0.4 is 10.5 Å². The second-order valence-corrected chi connectivity index (χ2v) is 7.34. The van der Waals surface area contributed by atoms with E-state index in [0.717, 1.165) is 12.1 Å². The lowest BCUT2D eigenvalue weighted by atomic mass is 10.1. The fourth-order valence-corrected chi connectivity index (χ4v) is 3.76. The monoisotopic (exact) mass is 446 g/mol. The molecule has 1 fully saturated rings. The summed E-state index contributed by atoms with van der Waals surface area (Å²) in [6.07, 6.45) is -4.69. The second kappa shape index (κ2) is 7.98. The van der Waals surface area contributed by atoms with Gasteiger partial charge in [0.25, 0.3) is 17.2 Å². The lowest BCUT2D eigenvalue weighted by Crippen LogP contribution is -2.49. The highest BCUT2D eigenvalue weighted by Gasteiger charge is 2.34. The normalized spacial score (nSPS) is 14.6. The number of carbonyl (C=O) groups excluding carboxylic acids is 1. The van der Waals surface area contributed by atoms with E-state index in [9.17, 15) is 32.9 Å². The highest BCUT2D eigenvalue weighted by atomic mass is 19.4.